The number of ketones is 1. The number of hydrogen-bond acceptors (Lipinski definition) is 3. The number of rotatable bonds is 2. The first-order valence-electron chi connectivity index (χ1n) is 4.09. The lowest BCUT2D eigenvalue weighted by Gasteiger charge is -2.17. The molecule has 1 amide bonds. The van der Waals surface area contributed by atoms with E-state index in [1.54, 1.807) is 0 Å². The van der Waals surface area contributed by atoms with Crippen LogP contribution in [0.15, 0.2) is 0 Å². The van der Waals surface area contributed by atoms with Crippen LogP contribution in [-0.2, 0) is 9.59 Å². The van der Waals surface area contributed by atoms with Gasteiger partial charge in [-0.1, -0.05) is 13.8 Å². The third kappa shape index (κ3) is 1.48. The maximum Gasteiger partial charge on any atom is 0.235 e. The molecule has 0 aliphatic carbocycles. The minimum atomic E-state index is -0.461. The van der Waals surface area contributed by atoms with Gasteiger partial charge in [-0.05, 0) is 5.92 Å². The van der Waals surface area contributed by atoms with E-state index in [2.05, 4.69) is 5.32 Å². The van der Waals surface area contributed by atoms with Crippen LogP contribution in [0.2, 0.25) is 0 Å². The second-order valence-electron chi connectivity index (χ2n) is 3.50. The molecule has 0 saturated carbocycles. The Bertz CT molecular complexity index is 213. The van der Waals surface area contributed by atoms with E-state index in [9.17, 15) is 9.59 Å². The zero-order valence-electron chi connectivity index (χ0n) is 7.33. The smallest absolute Gasteiger partial charge is 0.235 e. The minimum absolute atomic E-state index is 0.0915. The molecule has 1 fully saturated rings. The first kappa shape index (κ1) is 9.19. The van der Waals surface area contributed by atoms with Gasteiger partial charge in [-0.15, -0.1) is 0 Å². The van der Waals surface area contributed by atoms with Gasteiger partial charge in [0.05, 0.1) is 12.6 Å². The molecule has 1 saturated heterocycles. The average Bonchev–Trinajstić information content (AvgIpc) is 2.30. The number of amides is 1. The second-order valence-corrected chi connectivity index (χ2v) is 3.50. The summed E-state index contributed by atoms with van der Waals surface area (Å²) >= 11 is 0. The molecule has 12 heavy (non-hydrogen) atoms. The lowest BCUT2D eigenvalue weighted by Crippen LogP contribution is -2.42. The van der Waals surface area contributed by atoms with Crippen molar-refractivity contribution < 1.29 is 9.59 Å². The molecule has 0 unspecified atom stereocenters. The van der Waals surface area contributed by atoms with Crippen molar-refractivity contribution >= 4 is 11.7 Å². The van der Waals surface area contributed by atoms with Crippen molar-refractivity contribution in [2.45, 2.75) is 19.9 Å². The van der Waals surface area contributed by atoms with Crippen molar-refractivity contribution in [3.05, 3.63) is 0 Å². The highest BCUT2D eigenvalue weighted by molar-refractivity contribution is 5.94. The Morgan fingerprint density at radius 2 is 2.25 bits per heavy atom. The van der Waals surface area contributed by atoms with Gasteiger partial charge in [0.2, 0.25) is 5.91 Å². The number of carbonyl (C=O) groups is 2. The van der Waals surface area contributed by atoms with E-state index in [0.717, 1.165) is 0 Å². The number of Topliss-reactive ketones (excluding diaryl/α,β-unsaturated/α-hetero) is 1. The summed E-state index contributed by atoms with van der Waals surface area (Å²) in [4.78, 5) is 22.1. The van der Waals surface area contributed by atoms with Crippen molar-refractivity contribution in [3.63, 3.8) is 0 Å². The molecule has 4 heteroatoms. The van der Waals surface area contributed by atoms with Crippen LogP contribution < -0.4 is 11.1 Å². The Balaban J connectivity index is 2.77. The van der Waals surface area contributed by atoms with E-state index >= 15 is 0 Å². The molecular weight excluding hydrogens is 156 g/mol. The van der Waals surface area contributed by atoms with Crippen molar-refractivity contribution in [1.82, 2.24) is 5.32 Å². The molecule has 1 heterocycles. The Kier molecular flexibility index (Phi) is 2.47. The molecule has 68 valence electrons. The van der Waals surface area contributed by atoms with E-state index in [-0.39, 0.29) is 24.2 Å². The summed E-state index contributed by atoms with van der Waals surface area (Å²) in [6.45, 7) is 4.12. The number of nitrogens with two attached hydrogens (primary N) is 1. The van der Waals surface area contributed by atoms with Gasteiger partial charge in [0, 0.05) is 5.92 Å². The van der Waals surface area contributed by atoms with E-state index in [0.29, 0.717) is 0 Å². The van der Waals surface area contributed by atoms with Crippen LogP contribution in [0.5, 0.6) is 0 Å². The molecule has 1 aliphatic rings. The van der Waals surface area contributed by atoms with E-state index < -0.39 is 11.9 Å². The predicted octanol–water partition coefficient (Wildman–Crippen LogP) is -0.715. The lowest BCUT2D eigenvalue weighted by atomic mass is 9.88. The Labute approximate surface area is 71.5 Å². The summed E-state index contributed by atoms with van der Waals surface area (Å²) in [6, 6.07) is -0.461. The molecule has 0 bridgehead atoms. The van der Waals surface area contributed by atoms with Crippen molar-refractivity contribution in [2.24, 2.45) is 17.6 Å². The molecule has 1 rings (SSSR count). The largest absolute Gasteiger partial charge is 0.368 e. The molecule has 0 spiro atoms. The van der Waals surface area contributed by atoms with Crippen LogP contribution in [0.3, 0.4) is 0 Å². The SMILES string of the molecule is CC(C)[C@H]1C(=O)CN[C@@H]1C(N)=O. The Morgan fingerprint density at radius 3 is 2.58 bits per heavy atom. The summed E-state index contributed by atoms with van der Waals surface area (Å²) in [5.74, 6) is -0.402. The maximum absolute atomic E-state index is 11.3. The molecule has 0 radical (unpaired) electrons. The summed E-state index contributed by atoms with van der Waals surface area (Å²) in [5.41, 5.74) is 5.13. The fourth-order valence-corrected chi connectivity index (χ4v) is 1.68. The predicted molar refractivity (Wildman–Crippen MR) is 44.3 cm³/mol. The number of hydrogen-bond donors (Lipinski definition) is 2. The summed E-state index contributed by atoms with van der Waals surface area (Å²) < 4.78 is 0. The maximum atomic E-state index is 11.3. The van der Waals surface area contributed by atoms with Crippen LogP contribution >= 0.6 is 0 Å². The van der Waals surface area contributed by atoms with E-state index in [4.69, 9.17) is 5.73 Å². The van der Waals surface area contributed by atoms with Crippen LogP contribution in [-0.4, -0.2) is 24.3 Å². The first-order chi connectivity index (χ1) is 5.54. The monoisotopic (exact) mass is 170 g/mol. The van der Waals surface area contributed by atoms with Gasteiger partial charge in [-0.3, -0.25) is 14.9 Å². The van der Waals surface area contributed by atoms with Gasteiger partial charge in [0.25, 0.3) is 0 Å². The van der Waals surface area contributed by atoms with Crippen molar-refractivity contribution in [3.8, 4) is 0 Å². The quantitative estimate of drug-likeness (QED) is 0.574. The number of nitrogens with one attached hydrogen (secondary N) is 1. The fraction of sp³-hybridized carbons (Fsp3) is 0.750. The summed E-state index contributed by atoms with van der Waals surface area (Å²) in [5, 5.41) is 2.81. The lowest BCUT2D eigenvalue weighted by molar-refractivity contribution is -0.126. The van der Waals surface area contributed by atoms with Gasteiger partial charge in [-0.25, -0.2) is 0 Å². The molecular formula is C8H14N2O2. The van der Waals surface area contributed by atoms with Crippen LogP contribution in [0.1, 0.15) is 13.8 Å². The average molecular weight is 170 g/mol. The zero-order chi connectivity index (χ0) is 9.30. The molecule has 1 aliphatic heterocycles. The molecule has 0 aromatic carbocycles. The van der Waals surface area contributed by atoms with Crippen molar-refractivity contribution in [2.75, 3.05) is 6.54 Å². The first-order valence-corrected chi connectivity index (χ1v) is 4.09. The Morgan fingerprint density at radius 1 is 1.67 bits per heavy atom. The topological polar surface area (TPSA) is 72.2 Å². The van der Waals surface area contributed by atoms with Gasteiger partial charge in [0.15, 0.2) is 5.78 Å². The third-order valence-electron chi connectivity index (χ3n) is 2.25. The third-order valence-corrected chi connectivity index (χ3v) is 2.25. The number of carbonyl (C=O) groups excluding carboxylic acids is 2. The Hall–Kier alpha value is -0.900. The highest BCUT2D eigenvalue weighted by Gasteiger charge is 2.39. The molecule has 3 N–H and O–H groups in total. The van der Waals surface area contributed by atoms with Gasteiger partial charge in [-0.2, -0.15) is 0 Å². The number of primary amides is 1. The van der Waals surface area contributed by atoms with Gasteiger partial charge < -0.3 is 5.73 Å². The minimum Gasteiger partial charge on any atom is -0.368 e. The molecule has 0 aromatic rings. The van der Waals surface area contributed by atoms with Crippen LogP contribution in [0, 0.1) is 11.8 Å². The molecule has 0 aromatic heterocycles. The highest BCUT2D eigenvalue weighted by Crippen LogP contribution is 2.20. The van der Waals surface area contributed by atoms with Crippen LogP contribution in [0.4, 0.5) is 0 Å². The zero-order valence-corrected chi connectivity index (χ0v) is 7.33. The molecule has 2 atom stereocenters. The summed E-state index contributed by atoms with van der Waals surface area (Å²) in [7, 11) is 0. The summed E-state index contributed by atoms with van der Waals surface area (Å²) in [6.07, 6.45) is 0. The van der Waals surface area contributed by atoms with Crippen molar-refractivity contribution in [1.29, 1.82) is 0 Å². The second kappa shape index (κ2) is 3.23. The molecule has 4 nitrogen and oxygen atoms in total. The van der Waals surface area contributed by atoms with Crippen LogP contribution in [0.25, 0.3) is 0 Å². The van der Waals surface area contributed by atoms with Gasteiger partial charge in [0.1, 0.15) is 0 Å². The van der Waals surface area contributed by atoms with E-state index in [1.165, 1.54) is 0 Å². The highest BCUT2D eigenvalue weighted by atomic mass is 16.2. The van der Waals surface area contributed by atoms with Gasteiger partial charge >= 0.3 is 0 Å². The normalized spacial score (nSPS) is 29.8. The standard InChI is InChI=1S/C8H14N2O2/c1-4(2)6-5(11)3-10-7(6)8(9)12/h4,6-7,10H,3H2,1-2H3,(H2,9,12)/t6-,7-/m0/s1. The van der Waals surface area contributed by atoms with E-state index in [1.807, 2.05) is 13.8 Å². The fourth-order valence-electron chi connectivity index (χ4n) is 1.68.